The Bertz CT molecular complexity index is 1460. The van der Waals surface area contributed by atoms with Gasteiger partial charge in [0.05, 0.1) is 7.11 Å². The summed E-state index contributed by atoms with van der Waals surface area (Å²) < 4.78 is 17.1. The van der Waals surface area contributed by atoms with E-state index in [4.69, 9.17) is 25.8 Å². The Labute approximate surface area is 226 Å². The first kappa shape index (κ1) is 26.3. The number of hydrogen-bond donors (Lipinski definition) is 1. The minimum absolute atomic E-state index is 0.0767. The second-order valence-electron chi connectivity index (χ2n) is 8.24. The number of amides is 1. The van der Waals surface area contributed by atoms with E-state index in [1.807, 2.05) is 54.6 Å². The molecule has 0 radical (unpaired) electrons. The van der Waals surface area contributed by atoms with E-state index in [2.05, 4.69) is 5.32 Å². The monoisotopic (exact) mass is 524 g/mol. The van der Waals surface area contributed by atoms with Crippen LogP contribution in [0.3, 0.4) is 0 Å². The lowest BCUT2D eigenvalue weighted by Crippen LogP contribution is -2.13. The molecular weight excluding hydrogens is 500 g/mol. The van der Waals surface area contributed by atoms with Gasteiger partial charge in [-0.2, -0.15) is 5.26 Å². The van der Waals surface area contributed by atoms with Crippen molar-refractivity contribution in [2.75, 3.05) is 12.4 Å². The number of nitrogens with zero attached hydrogens (tertiary/aromatic N) is 1. The number of nitriles is 1. The van der Waals surface area contributed by atoms with Gasteiger partial charge < -0.3 is 19.5 Å². The molecule has 0 aliphatic carbocycles. The molecular formula is C31H25ClN2O4. The molecule has 0 heterocycles. The van der Waals surface area contributed by atoms with Crippen molar-refractivity contribution in [3.63, 3.8) is 0 Å². The molecule has 1 N–H and O–H groups in total. The van der Waals surface area contributed by atoms with E-state index in [-0.39, 0.29) is 12.2 Å². The molecule has 6 nitrogen and oxygen atoms in total. The highest BCUT2D eigenvalue weighted by Gasteiger charge is 2.13. The molecule has 0 aromatic heterocycles. The van der Waals surface area contributed by atoms with Crippen molar-refractivity contribution in [3.8, 4) is 23.3 Å². The van der Waals surface area contributed by atoms with Gasteiger partial charge in [-0.1, -0.05) is 54.1 Å². The van der Waals surface area contributed by atoms with Crippen molar-refractivity contribution in [1.29, 1.82) is 5.26 Å². The molecule has 190 valence electrons. The molecule has 7 heteroatoms. The molecule has 0 unspecified atom stereocenters. The van der Waals surface area contributed by atoms with Gasteiger partial charge >= 0.3 is 0 Å². The Morgan fingerprint density at radius 1 is 0.868 bits per heavy atom. The standard InChI is InChI=1S/C31H25ClN2O4/c1-36-29-13-10-24(30(18-29)38-21-23-8-5-9-26(32)16-23)17-25(19-33)31(35)34-27-11-14-28(15-12-27)37-20-22-6-3-2-4-7-22/h2-18H,20-21H2,1H3,(H,34,35)/b25-17+. The Morgan fingerprint density at radius 2 is 1.58 bits per heavy atom. The topological polar surface area (TPSA) is 80.6 Å². The maximum Gasteiger partial charge on any atom is 0.266 e. The van der Waals surface area contributed by atoms with Crippen LogP contribution in [0.15, 0.2) is 103 Å². The molecule has 0 aliphatic heterocycles. The van der Waals surface area contributed by atoms with Gasteiger partial charge in [0.15, 0.2) is 0 Å². The number of benzene rings is 4. The summed E-state index contributed by atoms with van der Waals surface area (Å²) in [4.78, 5) is 12.9. The van der Waals surface area contributed by atoms with Crippen LogP contribution in [0.5, 0.6) is 17.2 Å². The fraction of sp³-hybridized carbons (Fsp3) is 0.0968. The fourth-order valence-electron chi connectivity index (χ4n) is 3.55. The molecule has 0 saturated carbocycles. The van der Waals surface area contributed by atoms with E-state index in [1.165, 1.54) is 6.08 Å². The van der Waals surface area contributed by atoms with Crippen LogP contribution in [0.2, 0.25) is 5.02 Å². The molecule has 0 spiro atoms. The van der Waals surface area contributed by atoms with Crippen molar-refractivity contribution >= 4 is 29.3 Å². The van der Waals surface area contributed by atoms with E-state index in [0.717, 1.165) is 11.1 Å². The number of anilines is 1. The smallest absolute Gasteiger partial charge is 0.266 e. The van der Waals surface area contributed by atoms with E-state index >= 15 is 0 Å². The van der Waals surface area contributed by atoms with E-state index < -0.39 is 5.91 Å². The molecule has 1 amide bonds. The van der Waals surface area contributed by atoms with Gasteiger partial charge in [-0.15, -0.1) is 0 Å². The number of methoxy groups -OCH3 is 1. The van der Waals surface area contributed by atoms with Gasteiger partial charge in [0.1, 0.15) is 42.1 Å². The minimum Gasteiger partial charge on any atom is -0.497 e. The molecule has 0 atom stereocenters. The third kappa shape index (κ3) is 7.39. The van der Waals surface area contributed by atoms with Crippen LogP contribution < -0.4 is 19.5 Å². The third-order valence-corrected chi connectivity index (χ3v) is 5.76. The number of carbonyl (C=O) groups is 1. The highest BCUT2D eigenvalue weighted by molar-refractivity contribution is 6.30. The summed E-state index contributed by atoms with van der Waals surface area (Å²) in [6.07, 6.45) is 1.49. The van der Waals surface area contributed by atoms with Crippen LogP contribution >= 0.6 is 11.6 Å². The summed E-state index contributed by atoms with van der Waals surface area (Å²) in [5.74, 6) is 1.18. The van der Waals surface area contributed by atoms with Gasteiger partial charge in [-0.25, -0.2) is 0 Å². The molecule has 4 rings (SSSR count). The number of ether oxygens (including phenoxy) is 3. The number of carbonyl (C=O) groups excluding carboxylic acids is 1. The number of nitrogens with one attached hydrogen (secondary N) is 1. The molecule has 38 heavy (non-hydrogen) atoms. The van der Waals surface area contributed by atoms with Gasteiger partial charge in [0, 0.05) is 22.3 Å². The molecule has 4 aromatic carbocycles. The normalized spacial score (nSPS) is 10.8. The van der Waals surface area contributed by atoms with Crippen LogP contribution in [-0.4, -0.2) is 13.0 Å². The van der Waals surface area contributed by atoms with Crippen molar-refractivity contribution < 1.29 is 19.0 Å². The first-order valence-corrected chi connectivity index (χ1v) is 12.2. The third-order valence-electron chi connectivity index (χ3n) is 5.53. The number of hydrogen-bond acceptors (Lipinski definition) is 5. The summed E-state index contributed by atoms with van der Waals surface area (Å²) in [5, 5.41) is 13.1. The van der Waals surface area contributed by atoms with Crippen LogP contribution in [0.1, 0.15) is 16.7 Å². The van der Waals surface area contributed by atoms with Crippen molar-refractivity contribution in [2.24, 2.45) is 0 Å². The second kappa shape index (κ2) is 13.0. The van der Waals surface area contributed by atoms with E-state index in [9.17, 15) is 10.1 Å². The van der Waals surface area contributed by atoms with Gasteiger partial charge in [-0.05, 0) is 65.7 Å². The van der Waals surface area contributed by atoms with Gasteiger partial charge in [0.2, 0.25) is 0 Å². The minimum atomic E-state index is -0.540. The van der Waals surface area contributed by atoms with Gasteiger partial charge in [0.25, 0.3) is 5.91 Å². The van der Waals surface area contributed by atoms with Crippen molar-refractivity contribution in [3.05, 3.63) is 124 Å². The van der Waals surface area contributed by atoms with Crippen molar-refractivity contribution in [1.82, 2.24) is 0 Å². The highest BCUT2D eigenvalue weighted by atomic mass is 35.5. The molecule has 4 aromatic rings. The van der Waals surface area contributed by atoms with E-state index in [1.54, 1.807) is 55.6 Å². The molecule has 0 saturated heterocycles. The van der Waals surface area contributed by atoms with E-state index in [0.29, 0.717) is 40.1 Å². The lowest BCUT2D eigenvalue weighted by molar-refractivity contribution is -0.112. The van der Waals surface area contributed by atoms with Crippen LogP contribution in [-0.2, 0) is 18.0 Å². The van der Waals surface area contributed by atoms with Crippen LogP contribution in [0.4, 0.5) is 5.69 Å². The SMILES string of the molecule is COc1ccc(/C=C(\C#N)C(=O)Nc2ccc(OCc3ccccc3)cc2)c(OCc2cccc(Cl)c2)c1. The second-order valence-corrected chi connectivity index (χ2v) is 8.68. The van der Waals surface area contributed by atoms with Crippen LogP contribution in [0.25, 0.3) is 6.08 Å². The zero-order valence-electron chi connectivity index (χ0n) is 20.7. The van der Waals surface area contributed by atoms with Crippen LogP contribution in [0, 0.1) is 11.3 Å². The first-order chi connectivity index (χ1) is 18.5. The lowest BCUT2D eigenvalue weighted by atomic mass is 10.1. The predicted octanol–water partition coefficient (Wildman–Crippen LogP) is 7.05. The largest absolute Gasteiger partial charge is 0.497 e. The summed E-state index contributed by atoms with van der Waals surface area (Å²) in [6, 6.07) is 31.3. The number of rotatable bonds is 10. The van der Waals surface area contributed by atoms with Crippen molar-refractivity contribution in [2.45, 2.75) is 13.2 Å². The predicted molar refractivity (Wildman–Crippen MR) is 148 cm³/mol. The molecule has 0 bridgehead atoms. The lowest BCUT2D eigenvalue weighted by Gasteiger charge is -2.12. The first-order valence-electron chi connectivity index (χ1n) is 11.8. The molecule has 0 fully saturated rings. The summed E-state index contributed by atoms with van der Waals surface area (Å²) in [7, 11) is 1.55. The Balaban J connectivity index is 1.45. The fourth-order valence-corrected chi connectivity index (χ4v) is 3.76. The Kier molecular flexibility index (Phi) is 9.01. The zero-order chi connectivity index (χ0) is 26.7. The number of halogens is 1. The highest BCUT2D eigenvalue weighted by Crippen LogP contribution is 2.28. The average Bonchev–Trinajstić information content (AvgIpc) is 2.95. The maximum absolute atomic E-state index is 12.9. The Hall–Kier alpha value is -4.73. The summed E-state index contributed by atoms with van der Waals surface area (Å²) >= 11 is 6.07. The summed E-state index contributed by atoms with van der Waals surface area (Å²) in [6.45, 7) is 0.693. The Morgan fingerprint density at radius 3 is 2.29 bits per heavy atom. The average molecular weight is 525 g/mol. The summed E-state index contributed by atoms with van der Waals surface area (Å²) in [5.41, 5.74) is 2.96. The maximum atomic E-state index is 12.9. The van der Waals surface area contributed by atoms with Gasteiger partial charge in [-0.3, -0.25) is 4.79 Å². The quantitative estimate of drug-likeness (QED) is 0.177. The molecule has 0 aliphatic rings. The zero-order valence-corrected chi connectivity index (χ0v) is 21.4.